The van der Waals surface area contributed by atoms with E-state index < -0.39 is 17.6 Å². The Morgan fingerprint density at radius 1 is 1.36 bits per heavy atom. The van der Waals surface area contributed by atoms with Crippen molar-refractivity contribution >= 4 is 45.7 Å². The fourth-order valence-corrected chi connectivity index (χ4v) is 4.09. The molecule has 2 aliphatic rings. The predicted octanol–water partition coefficient (Wildman–Crippen LogP) is 0.945. The molecule has 2 aromatic heterocycles. The number of likely N-dealkylation sites (N-methyl/N-ethyl adjacent to an activating group) is 1. The van der Waals surface area contributed by atoms with Gasteiger partial charge in [0.05, 0.1) is 51.8 Å². The van der Waals surface area contributed by atoms with Crippen LogP contribution in [-0.4, -0.2) is 61.6 Å². The van der Waals surface area contributed by atoms with E-state index in [0.717, 1.165) is 6.54 Å². The second kappa shape index (κ2) is 5.99. The number of aliphatic hydroxyl groups is 1. The van der Waals surface area contributed by atoms with Gasteiger partial charge in [0.25, 0.3) is 0 Å². The van der Waals surface area contributed by atoms with Gasteiger partial charge in [-0.05, 0) is 20.0 Å². The highest BCUT2D eigenvalue weighted by Crippen LogP contribution is 2.34. The number of hydrogen-bond acceptors (Lipinski definition) is 6. The van der Waals surface area contributed by atoms with Crippen LogP contribution in [-0.2, 0) is 0 Å². The molecule has 2 aliphatic heterocycles. The van der Waals surface area contributed by atoms with Gasteiger partial charge in [-0.2, -0.15) is 4.98 Å². The maximum Gasteiger partial charge on any atom is 0.359 e. The van der Waals surface area contributed by atoms with Crippen molar-refractivity contribution < 1.29 is 9.50 Å². The molecule has 0 aromatic carbocycles. The summed E-state index contributed by atoms with van der Waals surface area (Å²) in [5.74, 6) is -0.120. The monoisotopic (exact) mass is 457 g/mol. The van der Waals surface area contributed by atoms with Crippen molar-refractivity contribution in [2.75, 3.05) is 31.6 Å². The third-order valence-electron chi connectivity index (χ3n) is 4.84. The summed E-state index contributed by atoms with van der Waals surface area (Å²) in [5.41, 5.74) is 0.379. The molecule has 4 rings (SSSR count). The fraction of sp³-hybridized carbons (Fsp3) is 0.438. The van der Waals surface area contributed by atoms with Crippen LogP contribution in [0.3, 0.4) is 0 Å². The Labute approximate surface area is 157 Å². The lowest BCUT2D eigenvalue weighted by molar-refractivity contribution is 0.141. The van der Waals surface area contributed by atoms with Crippen LogP contribution in [0.1, 0.15) is 11.4 Å². The first-order chi connectivity index (χ1) is 11.9. The Kier molecular flexibility index (Phi) is 4.04. The number of anilines is 1. The number of nitrogens with zero attached hydrogens (tertiary/aromatic N) is 5. The highest BCUT2D eigenvalue weighted by atomic mass is 127. The quantitative estimate of drug-likeness (QED) is 0.594. The first-order valence-electron chi connectivity index (χ1n) is 7.99. The molecule has 2 aromatic rings. The van der Waals surface area contributed by atoms with Gasteiger partial charge in [-0.25, -0.2) is 16.9 Å². The van der Waals surface area contributed by atoms with E-state index in [0.29, 0.717) is 30.0 Å². The van der Waals surface area contributed by atoms with Crippen LogP contribution < -0.4 is 10.6 Å². The average molecular weight is 457 g/mol. The van der Waals surface area contributed by atoms with E-state index in [-0.39, 0.29) is 17.3 Å². The number of aryl methyl sites for hydroxylation is 1. The van der Waals surface area contributed by atoms with Crippen molar-refractivity contribution in [3.8, 4) is 0 Å². The average Bonchev–Trinajstić information content (AvgIpc) is 2.58. The first kappa shape index (κ1) is 16.9. The van der Waals surface area contributed by atoms with Crippen molar-refractivity contribution in [1.82, 2.24) is 17.6 Å². The molecule has 7 nitrogen and oxygen atoms in total. The highest BCUT2D eigenvalue weighted by molar-refractivity contribution is 14.1. The Morgan fingerprint density at radius 2 is 2.12 bits per heavy atom. The minimum Gasteiger partial charge on any atom is -0.387 e. The van der Waals surface area contributed by atoms with Gasteiger partial charge in [-0.15, -0.1) is 0 Å². The molecule has 9 heteroatoms. The van der Waals surface area contributed by atoms with Crippen LogP contribution >= 0.6 is 22.9 Å². The molecule has 0 aliphatic carbocycles. The molecule has 0 saturated carbocycles. The smallest absolute Gasteiger partial charge is 0.359 e. The predicted molar refractivity (Wildman–Crippen MR) is 102 cm³/mol. The molecule has 4 heterocycles. The van der Waals surface area contributed by atoms with Gasteiger partial charge >= 0.3 is 5.69 Å². The Bertz CT molecular complexity index is 960. The zero-order valence-corrected chi connectivity index (χ0v) is 15.9. The Balaban J connectivity index is 2.11. The summed E-state index contributed by atoms with van der Waals surface area (Å²) in [5, 5.41) is 11.1. The van der Waals surface area contributed by atoms with E-state index in [1.807, 2.05) is 11.9 Å². The summed E-state index contributed by atoms with van der Waals surface area (Å²) in [6.07, 6.45) is 2.64. The van der Waals surface area contributed by atoms with Crippen LogP contribution in [0.4, 0.5) is 10.2 Å². The van der Waals surface area contributed by atoms with Crippen LogP contribution in [0, 0.1) is 12.7 Å². The van der Waals surface area contributed by atoms with E-state index in [2.05, 4.69) is 14.9 Å². The Morgan fingerprint density at radius 3 is 2.88 bits per heavy atom. The summed E-state index contributed by atoms with van der Waals surface area (Å²) in [7, 11) is 1.98. The minimum atomic E-state index is -0.734. The number of halogens is 2. The van der Waals surface area contributed by atoms with Crippen LogP contribution in [0.5, 0.6) is 0 Å². The second-order valence-electron chi connectivity index (χ2n) is 6.49. The lowest BCUT2D eigenvalue weighted by Gasteiger charge is -2.43. The van der Waals surface area contributed by atoms with Crippen molar-refractivity contribution in [1.29, 1.82) is 0 Å². The summed E-state index contributed by atoms with van der Waals surface area (Å²) in [6.45, 7) is 3.54. The summed E-state index contributed by atoms with van der Waals surface area (Å²) >= 11 is 1.77. The third kappa shape index (κ3) is 2.56. The number of fused-ring (bicyclic) bond motifs is 2. The number of aliphatic hydroxyl groups excluding tert-OH is 1. The standard InChI is InChI=1S/C16H17FIN5O2/c1-8-13(17)14-12-9(19-8)3-4-11(24)10-7-21(2)5-6-22(10)15(12)20-16(25)23(14)18/h3-4,10-11,24H,5-7H2,1-2H3. The molecular formula is C16H17FIN5O2. The van der Waals surface area contributed by atoms with Gasteiger partial charge < -0.3 is 14.9 Å². The lowest BCUT2D eigenvalue weighted by atomic mass is 10.0. The van der Waals surface area contributed by atoms with Crippen LogP contribution in [0.25, 0.3) is 17.0 Å². The van der Waals surface area contributed by atoms with Gasteiger partial charge in [-0.1, -0.05) is 6.08 Å². The van der Waals surface area contributed by atoms with Crippen molar-refractivity contribution in [3.05, 3.63) is 33.8 Å². The lowest BCUT2D eigenvalue weighted by Crippen LogP contribution is -2.57. The van der Waals surface area contributed by atoms with E-state index in [4.69, 9.17) is 0 Å². The zero-order chi connectivity index (χ0) is 17.9. The number of aromatic nitrogens is 3. The number of rotatable bonds is 0. The second-order valence-corrected chi connectivity index (χ2v) is 7.46. The van der Waals surface area contributed by atoms with Gasteiger partial charge in [0.1, 0.15) is 11.3 Å². The molecular weight excluding hydrogens is 440 g/mol. The topological polar surface area (TPSA) is 74.5 Å². The number of piperazine rings is 1. The van der Waals surface area contributed by atoms with Gasteiger partial charge in [0, 0.05) is 19.6 Å². The molecule has 132 valence electrons. The maximum atomic E-state index is 14.8. The van der Waals surface area contributed by atoms with E-state index in [9.17, 15) is 14.3 Å². The van der Waals surface area contributed by atoms with E-state index in [1.165, 1.54) is 2.78 Å². The van der Waals surface area contributed by atoms with Crippen molar-refractivity contribution in [3.63, 3.8) is 0 Å². The summed E-state index contributed by atoms with van der Waals surface area (Å²) < 4.78 is 16.0. The maximum absolute atomic E-state index is 14.8. The molecule has 1 saturated heterocycles. The molecule has 0 amide bonds. The summed E-state index contributed by atoms with van der Waals surface area (Å²) in [4.78, 5) is 24.9. The number of pyridine rings is 1. The fourth-order valence-electron chi connectivity index (χ4n) is 3.53. The van der Waals surface area contributed by atoms with Gasteiger partial charge in [0.15, 0.2) is 5.82 Å². The molecule has 2 unspecified atom stereocenters. The number of hydrogen-bond donors (Lipinski definition) is 1. The molecule has 0 spiro atoms. The van der Waals surface area contributed by atoms with Gasteiger partial charge in [-0.3, -0.25) is 0 Å². The molecule has 2 atom stereocenters. The molecule has 0 bridgehead atoms. The molecule has 25 heavy (non-hydrogen) atoms. The zero-order valence-electron chi connectivity index (χ0n) is 13.8. The van der Waals surface area contributed by atoms with Crippen LogP contribution in [0.2, 0.25) is 0 Å². The minimum absolute atomic E-state index is 0.191. The van der Waals surface area contributed by atoms with Crippen molar-refractivity contribution in [2.45, 2.75) is 19.1 Å². The highest BCUT2D eigenvalue weighted by Gasteiger charge is 2.34. The largest absolute Gasteiger partial charge is 0.387 e. The summed E-state index contributed by atoms with van der Waals surface area (Å²) in [6, 6.07) is -0.257. The molecule has 1 N–H and O–H groups in total. The van der Waals surface area contributed by atoms with Crippen molar-refractivity contribution in [2.24, 2.45) is 0 Å². The molecule has 0 radical (unpaired) electrons. The third-order valence-corrected chi connectivity index (χ3v) is 5.73. The van der Waals surface area contributed by atoms with E-state index >= 15 is 0 Å². The van der Waals surface area contributed by atoms with Crippen LogP contribution in [0.15, 0.2) is 10.9 Å². The van der Waals surface area contributed by atoms with Gasteiger partial charge in [0.2, 0.25) is 0 Å². The van der Waals surface area contributed by atoms with E-state index in [1.54, 1.807) is 41.9 Å². The Hall–Kier alpha value is -1.59. The molecule has 1 fully saturated rings. The SMILES string of the molecule is Cc1nc2c3c(nc(=O)n(I)c3c1F)N1CCN(C)CC1C(O)C=C2. The normalized spacial score (nSPS) is 23.5. The first-order valence-corrected chi connectivity index (χ1v) is 8.95.